The van der Waals surface area contributed by atoms with E-state index in [1.807, 2.05) is 6.92 Å². The van der Waals surface area contributed by atoms with Crippen molar-refractivity contribution in [2.45, 2.75) is 27.2 Å². The summed E-state index contributed by atoms with van der Waals surface area (Å²) in [4.78, 5) is 0. The van der Waals surface area contributed by atoms with Gasteiger partial charge in [0.1, 0.15) is 0 Å². The van der Waals surface area contributed by atoms with Crippen molar-refractivity contribution < 1.29 is 0 Å². The largest absolute Gasteiger partial charge is 0.702 e. The summed E-state index contributed by atoms with van der Waals surface area (Å²) in [6.07, 6.45) is 0.796. The minimum absolute atomic E-state index is 0.519. The highest BCUT2D eigenvalue weighted by Crippen LogP contribution is 2.08. The van der Waals surface area contributed by atoms with Gasteiger partial charge in [0.2, 0.25) is 0 Å². The fourth-order valence-electron chi connectivity index (χ4n) is 0.812. The number of hydrogen-bond donors (Lipinski definition) is 1. The lowest BCUT2D eigenvalue weighted by molar-refractivity contribution is 1.13. The van der Waals surface area contributed by atoms with E-state index in [1.54, 1.807) is 13.8 Å². The molecule has 0 aromatic heterocycles. The molecule has 52 valence electrons. The van der Waals surface area contributed by atoms with Crippen LogP contribution in [0.1, 0.15) is 27.2 Å². The Balaban J connectivity index is 4.35. The van der Waals surface area contributed by atoms with Crippen LogP contribution in [0.3, 0.4) is 0 Å². The zero-order valence-electron chi connectivity index (χ0n) is 6.21. The highest BCUT2D eigenvalue weighted by molar-refractivity contribution is 5.96. The Labute approximate surface area is 56.3 Å². The van der Waals surface area contributed by atoms with Crippen LogP contribution in [-0.2, 0) is 0 Å². The number of hydrogen-bond acceptors (Lipinski definition) is 1. The van der Waals surface area contributed by atoms with Gasteiger partial charge in [0.05, 0.1) is 0 Å². The van der Waals surface area contributed by atoms with E-state index in [0.29, 0.717) is 11.4 Å². The maximum absolute atomic E-state index is 7.20. The molecule has 0 saturated carbocycles. The van der Waals surface area contributed by atoms with Crippen molar-refractivity contribution in [1.82, 2.24) is 0 Å². The van der Waals surface area contributed by atoms with Gasteiger partial charge >= 0.3 is 0 Å². The first-order chi connectivity index (χ1) is 4.09. The van der Waals surface area contributed by atoms with Crippen LogP contribution in [0.2, 0.25) is 0 Å². The molecule has 0 radical (unpaired) electrons. The topological polar surface area (TPSA) is 47.7 Å². The summed E-state index contributed by atoms with van der Waals surface area (Å²) in [6.45, 7) is 5.40. The summed E-state index contributed by atoms with van der Waals surface area (Å²) >= 11 is 0. The first-order valence-electron chi connectivity index (χ1n) is 3.06. The molecule has 0 fully saturated rings. The van der Waals surface area contributed by atoms with Crippen molar-refractivity contribution in [2.75, 3.05) is 0 Å². The molecule has 0 saturated heterocycles. The lowest BCUT2D eigenvalue weighted by atomic mass is 10.1. The number of allylic oxidation sites excluding steroid dienone is 2. The van der Waals surface area contributed by atoms with E-state index in [4.69, 9.17) is 11.1 Å². The van der Waals surface area contributed by atoms with E-state index >= 15 is 0 Å². The van der Waals surface area contributed by atoms with Crippen LogP contribution >= 0.6 is 0 Å². The molecular weight excluding hydrogens is 112 g/mol. The molecule has 2 heteroatoms. The van der Waals surface area contributed by atoms with Gasteiger partial charge in [0, 0.05) is 5.71 Å². The second-order valence-corrected chi connectivity index (χ2v) is 2.08. The van der Waals surface area contributed by atoms with E-state index in [9.17, 15) is 0 Å². The van der Waals surface area contributed by atoms with Crippen molar-refractivity contribution in [3.05, 3.63) is 17.0 Å². The van der Waals surface area contributed by atoms with Crippen LogP contribution in [0.15, 0.2) is 11.3 Å². The van der Waals surface area contributed by atoms with Gasteiger partial charge in [-0.2, -0.15) is 5.70 Å². The minimum atomic E-state index is 0.519. The Hall–Kier alpha value is -0.790. The predicted octanol–water partition coefficient (Wildman–Crippen LogP) is 2.76. The molecule has 9 heavy (non-hydrogen) atoms. The van der Waals surface area contributed by atoms with Crippen LogP contribution in [0.25, 0.3) is 5.73 Å². The molecule has 0 unspecified atom stereocenters. The van der Waals surface area contributed by atoms with Crippen molar-refractivity contribution in [2.24, 2.45) is 0 Å². The lowest BCUT2D eigenvalue weighted by Gasteiger charge is -2.10. The second-order valence-electron chi connectivity index (χ2n) is 2.08. The Morgan fingerprint density at radius 3 is 1.89 bits per heavy atom. The van der Waals surface area contributed by atoms with Gasteiger partial charge in [-0.15, -0.1) is 0 Å². The summed E-state index contributed by atoms with van der Waals surface area (Å²) < 4.78 is 0. The molecule has 0 aliphatic heterocycles. The maximum Gasteiger partial charge on any atom is 0.0299 e. The van der Waals surface area contributed by atoms with Crippen LogP contribution in [-0.4, -0.2) is 5.71 Å². The van der Waals surface area contributed by atoms with Gasteiger partial charge in [-0.05, 0) is 18.9 Å². The highest BCUT2D eigenvalue weighted by atomic mass is 14.6. The van der Waals surface area contributed by atoms with Crippen molar-refractivity contribution in [3.8, 4) is 0 Å². The van der Waals surface area contributed by atoms with Gasteiger partial charge in [-0.1, -0.05) is 13.8 Å². The van der Waals surface area contributed by atoms with Crippen LogP contribution in [0, 0.1) is 5.41 Å². The summed E-state index contributed by atoms with van der Waals surface area (Å²) in [6, 6.07) is 0. The van der Waals surface area contributed by atoms with Gasteiger partial charge in [0.15, 0.2) is 0 Å². The number of nitrogens with one attached hydrogen (secondary N) is 2. The predicted molar refractivity (Wildman–Crippen MR) is 40.7 cm³/mol. The molecular formula is C7H13N2-. The zero-order chi connectivity index (χ0) is 7.44. The molecule has 0 aromatic carbocycles. The third kappa shape index (κ3) is 2.31. The standard InChI is InChI=1S/C7H13N2/c1-4-7(5(2)8)6(3)9/h8-9H,4H2,1-3H3/q-1/b7-5-,9-6?. The molecule has 0 aliphatic carbocycles. The molecule has 0 spiro atoms. The average molecular weight is 125 g/mol. The highest BCUT2D eigenvalue weighted by Gasteiger charge is 1.93. The molecule has 2 N–H and O–H groups in total. The Morgan fingerprint density at radius 1 is 1.44 bits per heavy atom. The fourth-order valence-corrected chi connectivity index (χ4v) is 0.812. The summed E-state index contributed by atoms with van der Waals surface area (Å²) in [7, 11) is 0. The summed E-state index contributed by atoms with van der Waals surface area (Å²) in [5, 5.41) is 7.20. The van der Waals surface area contributed by atoms with Crippen molar-refractivity contribution >= 4 is 5.71 Å². The SMILES string of the molecule is CC/C(C(C)=N)=C(\C)[NH-]. The van der Waals surface area contributed by atoms with Gasteiger partial charge < -0.3 is 11.1 Å². The Kier molecular flexibility index (Phi) is 2.99. The third-order valence-corrected chi connectivity index (χ3v) is 1.26. The minimum Gasteiger partial charge on any atom is -0.702 e. The summed E-state index contributed by atoms with van der Waals surface area (Å²) in [5.74, 6) is 0. The molecule has 0 atom stereocenters. The Morgan fingerprint density at radius 2 is 1.89 bits per heavy atom. The van der Waals surface area contributed by atoms with Gasteiger partial charge in [-0.3, -0.25) is 0 Å². The smallest absolute Gasteiger partial charge is 0.0299 e. The summed E-state index contributed by atoms with van der Waals surface area (Å²) in [5.41, 5.74) is 9.10. The van der Waals surface area contributed by atoms with Gasteiger partial charge in [-0.25, -0.2) is 0 Å². The van der Waals surface area contributed by atoms with Crippen LogP contribution in [0.5, 0.6) is 0 Å². The van der Waals surface area contributed by atoms with Gasteiger partial charge in [0.25, 0.3) is 0 Å². The molecule has 2 nitrogen and oxygen atoms in total. The maximum atomic E-state index is 7.20. The quantitative estimate of drug-likeness (QED) is 0.552. The van der Waals surface area contributed by atoms with E-state index < -0.39 is 0 Å². The lowest BCUT2D eigenvalue weighted by Crippen LogP contribution is -1.95. The molecule has 0 aliphatic rings. The third-order valence-electron chi connectivity index (χ3n) is 1.26. The van der Waals surface area contributed by atoms with E-state index in [0.717, 1.165) is 12.0 Å². The normalized spacial score (nSPS) is 12.8. The van der Waals surface area contributed by atoms with E-state index in [-0.39, 0.29) is 0 Å². The first-order valence-corrected chi connectivity index (χ1v) is 3.06. The molecule has 0 bridgehead atoms. The monoisotopic (exact) mass is 125 g/mol. The average Bonchev–Trinajstić information content (AvgIpc) is 1.64. The van der Waals surface area contributed by atoms with E-state index in [1.165, 1.54) is 0 Å². The van der Waals surface area contributed by atoms with Crippen LogP contribution < -0.4 is 0 Å². The first kappa shape index (κ1) is 8.21. The fraction of sp³-hybridized carbons (Fsp3) is 0.571. The van der Waals surface area contributed by atoms with Crippen LogP contribution in [0.4, 0.5) is 0 Å². The number of rotatable bonds is 2. The molecule has 0 rings (SSSR count). The molecule has 0 amide bonds. The second kappa shape index (κ2) is 3.28. The van der Waals surface area contributed by atoms with Crippen molar-refractivity contribution in [1.29, 1.82) is 5.41 Å². The van der Waals surface area contributed by atoms with E-state index in [2.05, 4.69) is 0 Å². The molecule has 0 aromatic rings. The Bertz CT molecular complexity index is 141. The zero-order valence-corrected chi connectivity index (χ0v) is 6.21. The van der Waals surface area contributed by atoms with Crippen molar-refractivity contribution in [3.63, 3.8) is 0 Å². The molecule has 0 heterocycles.